The predicted molar refractivity (Wildman–Crippen MR) is 88.5 cm³/mol. The largest absolute Gasteiger partial charge is 0.489 e. The second-order valence-corrected chi connectivity index (χ2v) is 6.54. The Bertz CT molecular complexity index is 582. The zero-order chi connectivity index (χ0) is 14.7. The van der Waals surface area contributed by atoms with Gasteiger partial charge in [0.25, 0.3) is 0 Å². The van der Waals surface area contributed by atoms with Gasteiger partial charge in [0.15, 0.2) is 0 Å². The zero-order valence-electron chi connectivity index (χ0n) is 12.5. The molecule has 0 atom stereocenters. The third kappa shape index (κ3) is 3.86. The second kappa shape index (κ2) is 6.45. The van der Waals surface area contributed by atoms with Crippen molar-refractivity contribution in [3.63, 3.8) is 0 Å². The van der Waals surface area contributed by atoms with Gasteiger partial charge in [0.2, 0.25) is 0 Å². The molecular formula is C18H21BrO. The van der Waals surface area contributed by atoms with E-state index in [0.717, 1.165) is 10.2 Å². The lowest BCUT2D eigenvalue weighted by Gasteiger charge is -2.15. The van der Waals surface area contributed by atoms with Gasteiger partial charge in [-0.25, -0.2) is 0 Å². The molecule has 106 valence electrons. The van der Waals surface area contributed by atoms with Crippen LogP contribution in [0.5, 0.6) is 5.75 Å². The molecule has 0 aromatic heterocycles. The average molecular weight is 333 g/mol. The Morgan fingerprint density at radius 2 is 1.65 bits per heavy atom. The molecule has 0 radical (unpaired) electrons. The zero-order valence-corrected chi connectivity index (χ0v) is 14.1. The van der Waals surface area contributed by atoms with E-state index in [1.165, 1.54) is 22.3 Å². The van der Waals surface area contributed by atoms with E-state index < -0.39 is 0 Å². The molecule has 0 aliphatic rings. The van der Waals surface area contributed by atoms with E-state index in [9.17, 15) is 0 Å². The van der Waals surface area contributed by atoms with E-state index in [1.54, 1.807) is 0 Å². The first-order chi connectivity index (χ1) is 9.45. The van der Waals surface area contributed by atoms with Crippen molar-refractivity contribution in [1.29, 1.82) is 0 Å². The molecule has 0 aliphatic heterocycles. The van der Waals surface area contributed by atoms with Gasteiger partial charge >= 0.3 is 0 Å². The molecule has 1 nitrogen and oxygen atoms in total. The lowest BCUT2D eigenvalue weighted by Crippen LogP contribution is -2.00. The number of hydrogen-bond donors (Lipinski definition) is 0. The maximum Gasteiger partial charge on any atom is 0.123 e. The maximum absolute atomic E-state index is 6.03. The van der Waals surface area contributed by atoms with Gasteiger partial charge in [-0.15, -0.1) is 0 Å². The fraction of sp³-hybridized carbons (Fsp3) is 0.333. The lowest BCUT2D eigenvalue weighted by atomic mass is 10.0. The maximum atomic E-state index is 6.03. The van der Waals surface area contributed by atoms with Crippen LogP contribution in [0.1, 0.15) is 42.0 Å². The number of rotatable bonds is 4. The van der Waals surface area contributed by atoms with Crippen LogP contribution in [0, 0.1) is 13.8 Å². The number of hydrogen-bond acceptors (Lipinski definition) is 1. The van der Waals surface area contributed by atoms with Crippen molar-refractivity contribution in [2.24, 2.45) is 0 Å². The predicted octanol–water partition coefficient (Wildman–Crippen LogP) is 5.77. The van der Waals surface area contributed by atoms with E-state index in [4.69, 9.17) is 4.74 Å². The SMILES string of the molecule is Cc1cc(C)cc(COc2ccc(Br)cc2C(C)C)c1. The van der Waals surface area contributed by atoms with Crippen molar-refractivity contribution >= 4 is 15.9 Å². The summed E-state index contributed by atoms with van der Waals surface area (Å²) in [6, 6.07) is 12.8. The molecule has 2 heteroatoms. The third-order valence-corrected chi connectivity index (χ3v) is 3.76. The molecule has 2 aromatic rings. The summed E-state index contributed by atoms with van der Waals surface area (Å²) in [7, 11) is 0. The van der Waals surface area contributed by atoms with Crippen molar-refractivity contribution in [2.75, 3.05) is 0 Å². The molecule has 2 rings (SSSR count). The summed E-state index contributed by atoms with van der Waals surface area (Å²) >= 11 is 3.52. The average Bonchev–Trinajstić information content (AvgIpc) is 2.36. The van der Waals surface area contributed by atoms with E-state index in [1.807, 2.05) is 12.1 Å². The van der Waals surface area contributed by atoms with Gasteiger partial charge in [-0.1, -0.05) is 59.1 Å². The minimum atomic E-state index is 0.446. The van der Waals surface area contributed by atoms with Crippen molar-refractivity contribution in [2.45, 2.75) is 40.2 Å². The van der Waals surface area contributed by atoms with Gasteiger partial charge in [0.1, 0.15) is 12.4 Å². The molecule has 0 saturated carbocycles. The minimum absolute atomic E-state index is 0.446. The first-order valence-corrected chi connectivity index (χ1v) is 7.74. The van der Waals surface area contributed by atoms with Crippen LogP contribution >= 0.6 is 15.9 Å². The van der Waals surface area contributed by atoms with Crippen molar-refractivity contribution in [1.82, 2.24) is 0 Å². The van der Waals surface area contributed by atoms with Gasteiger partial charge in [-0.3, -0.25) is 0 Å². The van der Waals surface area contributed by atoms with Crippen molar-refractivity contribution in [3.05, 3.63) is 63.1 Å². The number of ether oxygens (including phenoxy) is 1. The van der Waals surface area contributed by atoms with Gasteiger partial charge in [-0.2, -0.15) is 0 Å². The van der Waals surface area contributed by atoms with Crippen molar-refractivity contribution < 1.29 is 4.74 Å². The van der Waals surface area contributed by atoms with E-state index >= 15 is 0 Å². The molecule has 0 amide bonds. The van der Waals surface area contributed by atoms with Crippen LogP contribution < -0.4 is 4.74 Å². The summed E-state index contributed by atoms with van der Waals surface area (Å²) in [5.41, 5.74) is 5.02. The minimum Gasteiger partial charge on any atom is -0.489 e. The molecule has 20 heavy (non-hydrogen) atoms. The first kappa shape index (κ1) is 15.1. The van der Waals surface area contributed by atoms with E-state index in [0.29, 0.717) is 12.5 Å². The monoisotopic (exact) mass is 332 g/mol. The Balaban J connectivity index is 2.18. The molecule has 0 saturated heterocycles. The molecule has 0 bridgehead atoms. The Morgan fingerprint density at radius 1 is 1.00 bits per heavy atom. The smallest absolute Gasteiger partial charge is 0.123 e. The number of benzene rings is 2. The summed E-state index contributed by atoms with van der Waals surface area (Å²) in [5.74, 6) is 1.42. The van der Waals surface area contributed by atoms with Gasteiger partial charge in [0, 0.05) is 4.47 Å². The third-order valence-electron chi connectivity index (χ3n) is 3.27. The highest BCUT2D eigenvalue weighted by atomic mass is 79.9. The summed E-state index contributed by atoms with van der Waals surface area (Å²) in [6.45, 7) is 9.23. The van der Waals surface area contributed by atoms with Crippen LogP contribution in [-0.4, -0.2) is 0 Å². The Labute approximate surface area is 130 Å². The number of aryl methyl sites for hydroxylation is 2. The van der Waals surface area contributed by atoms with E-state index in [2.05, 4.69) is 67.9 Å². The molecule has 0 unspecified atom stereocenters. The van der Waals surface area contributed by atoms with Crippen molar-refractivity contribution in [3.8, 4) is 5.75 Å². The van der Waals surface area contributed by atoms with Gasteiger partial charge in [0.05, 0.1) is 0 Å². The first-order valence-electron chi connectivity index (χ1n) is 6.95. The molecule has 0 spiro atoms. The normalized spacial score (nSPS) is 10.9. The van der Waals surface area contributed by atoms with E-state index in [-0.39, 0.29) is 0 Å². The summed E-state index contributed by atoms with van der Waals surface area (Å²) < 4.78 is 7.13. The molecule has 0 heterocycles. The van der Waals surface area contributed by atoms with Crippen LogP contribution in [0.2, 0.25) is 0 Å². The van der Waals surface area contributed by atoms with Crippen LogP contribution in [0.15, 0.2) is 40.9 Å². The fourth-order valence-corrected chi connectivity index (χ4v) is 2.79. The number of halogens is 1. The van der Waals surface area contributed by atoms with Crippen LogP contribution in [-0.2, 0) is 6.61 Å². The Hall–Kier alpha value is -1.28. The fourth-order valence-electron chi connectivity index (χ4n) is 2.42. The Kier molecular flexibility index (Phi) is 4.87. The second-order valence-electron chi connectivity index (χ2n) is 5.62. The molecule has 0 N–H and O–H groups in total. The van der Waals surface area contributed by atoms with Gasteiger partial charge in [-0.05, 0) is 49.1 Å². The quantitative estimate of drug-likeness (QED) is 0.690. The standard InChI is InChI=1S/C18H21BrO/c1-12(2)17-10-16(19)5-6-18(17)20-11-15-8-13(3)7-14(4)9-15/h5-10,12H,11H2,1-4H3. The summed E-state index contributed by atoms with van der Waals surface area (Å²) in [5, 5.41) is 0. The summed E-state index contributed by atoms with van der Waals surface area (Å²) in [4.78, 5) is 0. The van der Waals surface area contributed by atoms with Crippen LogP contribution in [0.4, 0.5) is 0 Å². The topological polar surface area (TPSA) is 9.23 Å². The molecule has 2 aromatic carbocycles. The highest BCUT2D eigenvalue weighted by Crippen LogP contribution is 2.30. The van der Waals surface area contributed by atoms with Gasteiger partial charge < -0.3 is 4.74 Å². The molecular weight excluding hydrogens is 312 g/mol. The highest BCUT2D eigenvalue weighted by Gasteiger charge is 2.09. The van der Waals surface area contributed by atoms with Crippen LogP contribution in [0.25, 0.3) is 0 Å². The summed E-state index contributed by atoms with van der Waals surface area (Å²) in [6.07, 6.45) is 0. The Morgan fingerprint density at radius 3 is 2.25 bits per heavy atom. The highest BCUT2D eigenvalue weighted by molar-refractivity contribution is 9.10. The molecule has 0 fully saturated rings. The van der Waals surface area contributed by atoms with Crippen LogP contribution in [0.3, 0.4) is 0 Å². The lowest BCUT2D eigenvalue weighted by molar-refractivity contribution is 0.301. The molecule has 0 aliphatic carbocycles.